The van der Waals surface area contributed by atoms with Gasteiger partial charge < -0.3 is 14.7 Å². The van der Waals surface area contributed by atoms with Crippen LogP contribution in [0.2, 0.25) is 0 Å². The molecule has 4 nitrogen and oxygen atoms in total. The Morgan fingerprint density at radius 1 is 1.27 bits per heavy atom. The first-order valence-corrected chi connectivity index (χ1v) is 10.1. The molecular formula is C21H23NO3S. The minimum absolute atomic E-state index is 0.0334. The zero-order chi connectivity index (χ0) is 17.9. The second kappa shape index (κ2) is 7.64. The summed E-state index contributed by atoms with van der Waals surface area (Å²) in [5.41, 5.74) is 4.23. The molecule has 3 heterocycles. The number of benzene rings is 1. The third kappa shape index (κ3) is 3.69. The summed E-state index contributed by atoms with van der Waals surface area (Å²) in [6, 6.07) is 7.88. The largest absolute Gasteiger partial charge is 0.488 e. The summed E-state index contributed by atoms with van der Waals surface area (Å²) in [5, 5.41) is 11.2. The number of hydrogen-bond donors (Lipinski definition) is 1. The van der Waals surface area contributed by atoms with Crippen LogP contribution in [0.15, 0.2) is 35.7 Å². The van der Waals surface area contributed by atoms with Gasteiger partial charge in [-0.1, -0.05) is 12.1 Å². The summed E-state index contributed by atoms with van der Waals surface area (Å²) in [6.45, 7) is 4.05. The maximum absolute atomic E-state index is 11.1. The first kappa shape index (κ1) is 17.3. The molecule has 0 spiro atoms. The maximum Gasteiger partial charge on any atom is 0.307 e. The number of carboxylic acids is 1. The summed E-state index contributed by atoms with van der Waals surface area (Å²) in [4.78, 5) is 14.9. The molecule has 1 saturated heterocycles. The molecule has 0 bridgehead atoms. The normalized spacial score (nSPS) is 18.2. The zero-order valence-electron chi connectivity index (χ0n) is 14.7. The number of thiophene rings is 1. The minimum Gasteiger partial charge on any atom is -0.488 e. The van der Waals surface area contributed by atoms with E-state index in [0.29, 0.717) is 6.61 Å². The summed E-state index contributed by atoms with van der Waals surface area (Å²) < 4.78 is 6.01. The van der Waals surface area contributed by atoms with Crippen LogP contribution in [-0.4, -0.2) is 35.6 Å². The first-order valence-electron chi connectivity index (χ1n) is 9.18. The molecule has 2 aliphatic rings. The molecule has 26 heavy (non-hydrogen) atoms. The molecule has 1 aromatic heterocycles. The van der Waals surface area contributed by atoms with E-state index in [1.807, 2.05) is 18.2 Å². The van der Waals surface area contributed by atoms with Crippen LogP contribution in [0, 0.1) is 0 Å². The number of fused-ring (bicyclic) bond motifs is 2. The van der Waals surface area contributed by atoms with Crippen LogP contribution in [-0.2, 0) is 17.8 Å². The fourth-order valence-electron chi connectivity index (χ4n) is 3.76. The van der Waals surface area contributed by atoms with E-state index in [1.165, 1.54) is 41.9 Å². The summed E-state index contributed by atoms with van der Waals surface area (Å²) >= 11 is 1.73. The fourth-order valence-corrected chi connectivity index (χ4v) is 4.73. The van der Waals surface area contributed by atoms with Crippen molar-refractivity contribution >= 4 is 22.9 Å². The van der Waals surface area contributed by atoms with Crippen LogP contribution in [0.5, 0.6) is 5.75 Å². The van der Waals surface area contributed by atoms with E-state index in [-0.39, 0.29) is 6.42 Å². The Labute approximate surface area is 157 Å². The summed E-state index contributed by atoms with van der Waals surface area (Å²) in [5.74, 6) is 0.0332. The highest BCUT2D eigenvalue weighted by molar-refractivity contribution is 7.11. The SMILES string of the molecule is O=C(O)Cc1ccc2c(c1)/C(=C\CCN1CCCC1)c1sccc1CO2. The number of ether oxygens (including phenoxy) is 1. The Balaban J connectivity index is 1.67. The molecule has 0 radical (unpaired) electrons. The van der Waals surface area contributed by atoms with Gasteiger partial charge in [0.25, 0.3) is 0 Å². The number of nitrogens with zero attached hydrogens (tertiary/aromatic N) is 1. The van der Waals surface area contributed by atoms with Crippen LogP contribution in [0.3, 0.4) is 0 Å². The second-order valence-corrected chi connectivity index (χ2v) is 7.84. The van der Waals surface area contributed by atoms with Crippen molar-refractivity contribution in [3.63, 3.8) is 0 Å². The quantitative estimate of drug-likeness (QED) is 0.859. The van der Waals surface area contributed by atoms with Crippen LogP contribution in [0.4, 0.5) is 0 Å². The Morgan fingerprint density at radius 3 is 2.92 bits per heavy atom. The smallest absolute Gasteiger partial charge is 0.307 e. The van der Waals surface area contributed by atoms with E-state index in [0.717, 1.165) is 29.8 Å². The summed E-state index contributed by atoms with van der Waals surface area (Å²) in [7, 11) is 0. The average Bonchev–Trinajstić information content (AvgIpc) is 3.27. The van der Waals surface area contributed by atoms with Crippen molar-refractivity contribution in [2.45, 2.75) is 32.3 Å². The lowest BCUT2D eigenvalue weighted by Gasteiger charge is -2.14. The van der Waals surface area contributed by atoms with Crippen molar-refractivity contribution in [3.8, 4) is 5.75 Å². The van der Waals surface area contributed by atoms with Gasteiger partial charge >= 0.3 is 5.97 Å². The van der Waals surface area contributed by atoms with E-state index in [4.69, 9.17) is 9.84 Å². The molecule has 0 unspecified atom stereocenters. The van der Waals surface area contributed by atoms with Crippen LogP contribution in [0.1, 0.15) is 40.8 Å². The molecule has 1 aromatic carbocycles. The number of hydrogen-bond acceptors (Lipinski definition) is 4. The van der Waals surface area contributed by atoms with Gasteiger partial charge in [0.05, 0.1) is 6.42 Å². The molecule has 1 fully saturated rings. The Morgan fingerprint density at radius 2 is 2.12 bits per heavy atom. The topological polar surface area (TPSA) is 49.8 Å². The minimum atomic E-state index is -0.809. The zero-order valence-corrected chi connectivity index (χ0v) is 15.6. The highest BCUT2D eigenvalue weighted by Gasteiger charge is 2.21. The molecule has 2 aliphatic heterocycles. The standard InChI is InChI=1S/C21H23NO3S/c23-20(24)13-15-5-6-19-18(12-15)17(4-3-10-22-8-1-2-9-22)21-16(14-25-19)7-11-26-21/h4-7,11-12H,1-3,8-10,13-14H2,(H,23,24)/b17-4+. The van der Waals surface area contributed by atoms with E-state index < -0.39 is 5.97 Å². The average molecular weight is 369 g/mol. The van der Waals surface area contributed by atoms with E-state index in [9.17, 15) is 4.79 Å². The third-order valence-electron chi connectivity index (χ3n) is 5.06. The van der Waals surface area contributed by atoms with Gasteiger partial charge in [0.15, 0.2) is 0 Å². The molecule has 1 N–H and O–H groups in total. The Kier molecular flexibility index (Phi) is 5.09. The van der Waals surface area contributed by atoms with Gasteiger partial charge in [0.2, 0.25) is 0 Å². The van der Waals surface area contributed by atoms with Gasteiger partial charge in [-0.05, 0) is 67.1 Å². The number of likely N-dealkylation sites (tertiary alicyclic amines) is 1. The van der Waals surface area contributed by atoms with Crippen molar-refractivity contribution in [1.29, 1.82) is 0 Å². The second-order valence-electron chi connectivity index (χ2n) is 6.92. The van der Waals surface area contributed by atoms with Gasteiger partial charge in [0, 0.05) is 22.5 Å². The van der Waals surface area contributed by atoms with Gasteiger partial charge in [-0.15, -0.1) is 11.3 Å². The molecular weight excluding hydrogens is 346 g/mol. The van der Waals surface area contributed by atoms with E-state index in [1.54, 1.807) is 11.3 Å². The van der Waals surface area contributed by atoms with Crippen molar-refractivity contribution in [1.82, 2.24) is 4.90 Å². The van der Waals surface area contributed by atoms with Crippen LogP contribution >= 0.6 is 11.3 Å². The van der Waals surface area contributed by atoms with E-state index >= 15 is 0 Å². The lowest BCUT2D eigenvalue weighted by molar-refractivity contribution is -0.136. The number of carboxylic acid groups (broad SMARTS) is 1. The molecule has 0 saturated carbocycles. The molecule has 2 aromatic rings. The number of rotatable bonds is 5. The lowest BCUT2D eigenvalue weighted by Crippen LogP contribution is -2.19. The molecule has 0 aliphatic carbocycles. The molecule has 5 heteroatoms. The molecule has 136 valence electrons. The van der Waals surface area contributed by atoms with Crippen LogP contribution in [0.25, 0.3) is 5.57 Å². The van der Waals surface area contributed by atoms with Crippen molar-refractivity contribution in [2.75, 3.05) is 19.6 Å². The highest BCUT2D eigenvalue weighted by atomic mass is 32.1. The highest BCUT2D eigenvalue weighted by Crippen LogP contribution is 2.40. The number of aliphatic carboxylic acids is 1. The number of carbonyl (C=O) groups is 1. The van der Waals surface area contributed by atoms with Crippen LogP contribution < -0.4 is 4.74 Å². The van der Waals surface area contributed by atoms with E-state index in [2.05, 4.69) is 22.4 Å². The van der Waals surface area contributed by atoms with Gasteiger partial charge in [-0.2, -0.15) is 0 Å². The molecule has 4 rings (SSSR count). The molecule has 0 amide bonds. The predicted octanol–water partition coefficient (Wildman–Crippen LogP) is 4.19. The Bertz CT molecular complexity index is 834. The van der Waals surface area contributed by atoms with Crippen molar-refractivity contribution < 1.29 is 14.6 Å². The lowest BCUT2D eigenvalue weighted by atomic mass is 9.97. The molecule has 0 atom stereocenters. The van der Waals surface area contributed by atoms with Gasteiger partial charge in [0.1, 0.15) is 12.4 Å². The Hall–Kier alpha value is -2.11. The maximum atomic E-state index is 11.1. The first-order chi connectivity index (χ1) is 12.7. The third-order valence-corrected chi connectivity index (χ3v) is 6.05. The van der Waals surface area contributed by atoms with Gasteiger partial charge in [-0.25, -0.2) is 0 Å². The monoisotopic (exact) mass is 369 g/mol. The predicted molar refractivity (Wildman–Crippen MR) is 104 cm³/mol. The van der Waals surface area contributed by atoms with Gasteiger partial charge in [-0.3, -0.25) is 4.79 Å². The fraction of sp³-hybridized carbons (Fsp3) is 0.381. The summed E-state index contributed by atoms with van der Waals surface area (Å²) in [6.07, 6.45) is 5.95. The van der Waals surface area contributed by atoms with Crippen molar-refractivity contribution in [3.05, 3.63) is 57.3 Å². The van der Waals surface area contributed by atoms with Crippen molar-refractivity contribution in [2.24, 2.45) is 0 Å².